The highest BCUT2D eigenvalue weighted by atomic mass is 16.3. The standard InChI is InChI=1S/C15H24N2O/c1-4-15(18)14-6-5-13(9-16-14)17-8-7-12(10-17)11(2)3/h5-6,9,11-12,15,18H,4,7-8,10H2,1-3H3. The van der Waals surface area contributed by atoms with E-state index in [9.17, 15) is 5.11 Å². The Hall–Kier alpha value is -1.09. The fourth-order valence-corrected chi connectivity index (χ4v) is 2.56. The average molecular weight is 248 g/mol. The van der Waals surface area contributed by atoms with Crippen LogP contribution in [0.3, 0.4) is 0 Å². The first-order chi connectivity index (χ1) is 8.61. The number of aromatic nitrogens is 1. The summed E-state index contributed by atoms with van der Waals surface area (Å²) in [6.45, 7) is 8.82. The molecule has 1 aliphatic rings. The molecule has 0 aromatic carbocycles. The van der Waals surface area contributed by atoms with Crippen LogP contribution in [-0.2, 0) is 0 Å². The van der Waals surface area contributed by atoms with Crippen molar-refractivity contribution < 1.29 is 5.11 Å². The van der Waals surface area contributed by atoms with Crippen LogP contribution in [0.1, 0.15) is 45.4 Å². The first kappa shape index (κ1) is 13.3. The molecule has 3 nitrogen and oxygen atoms in total. The summed E-state index contributed by atoms with van der Waals surface area (Å²) in [4.78, 5) is 6.77. The lowest BCUT2D eigenvalue weighted by Gasteiger charge is -2.20. The van der Waals surface area contributed by atoms with Crippen molar-refractivity contribution in [2.75, 3.05) is 18.0 Å². The fourth-order valence-electron chi connectivity index (χ4n) is 2.56. The maximum absolute atomic E-state index is 9.72. The number of aliphatic hydroxyl groups excluding tert-OH is 1. The number of rotatable bonds is 4. The van der Waals surface area contributed by atoms with Gasteiger partial charge in [0.2, 0.25) is 0 Å². The number of aliphatic hydroxyl groups is 1. The molecule has 0 spiro atoms. The molecule has 3 heteroatoms. The second kappa shape index (κ2) is 5.70. The molecule has 1 aromatic rings. The Balaban J connectivity index is 2.02. The Morgan fingerprint density at radius 2 is 2.22 bits per heavy atom. The van der Waals surface area contributed by atoms with E-state index in [0.29, 0.717) is 6.42 Å². The lowest BCUT2D eigenvalue weighted by molar-refractivity contribution is 0.169. The Labute approximate surface area is 110 Å². The highest BCUT2D eigenvalue weighted by Crippen LogP contribution is 2.28. The van der Waals surface area contributed by atoms with Crippen molar-refractivity contribution in [1.82, 2.24) is 4.98 Å². The maximum Gasteiger partial charge on any atom is 0.0957 e. The van der Waals surface area contributed by atoms with Gasteiger partial charge in [0.05, 0.1) is 23.7 Å². The molecule has 1 fully saturated rings. The van der Waals surface area contributed by atoms with Gasteiger partial charge in [0.1, 0.15) is 0 Å². The summed E-state index contributed by atoms with van der Waals surface area (Å²) in [5, 5.41) is 9.72. The Morgan fingerprint density at radius 3 is 2.72 bits per heavy atom. The Kier molecular flexibility index (Phi) is 4.23. The minimum atomic E-state index is -0.430. The first-order valence-electron chi connectivity index (χ1n) is 7.00. The molecule has 1 saturated heterocycles. The zero-order valence-corrected chi connectivity index (χ0v) is 11.6. The first-order valence-corrected chi connectivity index (χ1v) is 7.00. The van der Waals surface area contributed by atoms with E-state index in [1.807, 2.05) is 19.2 Å². The van der Waals surface area contributed by atoms with E-state index in [2.05, 4.69) is 29.8 Å². The van der Waals surface area contributed by atoms with Crippen LogP contribution in [0.15, 0.2) is 18.3 Å². The van der Waals surface area contributed by atoms with Crippen LogP contribution in [0.5, 0.6) is 0 Å². The Morgan fingerprint density at radius 1 is 1.44 bits per heavy atom. The zero-order chi connectivity index (χ0) is 13.1. The molecule has 1 aliphatic heterocycles. The zero-order valence-electron chi connectivity index (χ0n) is 11.6. The molecule has 1 N–H and O–H groups in total. The number of hydrogen-bond acceptors (Lipinski definition) is 3. The van der Waals surface area contributed by atoms with Gasteiger partial charge in [0.25, 0.3) is 0 Å². The smallest absolute Gasteiger partial charge is 0.0957 e. The van der Waals surface area contributed by atoms with Gasteiger partial charge in [-0.1, -0.05) is 20.8 Å². The van der Waals surface area contributed by atoms with Crippen LogP contribution in [0, 0.1) is 11.8 Å². The second-order valence-corrected chi connectivity index (χ2v) is 5.60. The molecule has 0 bridgehead atoms. The van der Waals surface area contributed by atoms with Crippen molar-refractivity contribution in [3.8, 4) is 0 Å². The van der Waals surface area contributed by atoms with Crippen molar-refractivity contribution in [3.05, 3.63) is 24.0 Å². The van der Waals surface area contributed by atoms with E-state index in [0.717, 1.165) is 30.6 Å². The normalized spacial score (nSPS) is 21.6. The summed E-state index contributed by atoms with van der Waals surface area (Å²) in [6.07, 6.45) is 3.46. The highest BCUT2D eigenvalue weighted by Gasteiger charge is 2.25. The Bertz CT molecular complexity index is 375. The fraction of sp³-hybridized carbons (Fsp3) is 0.667. The summed E-state index contributed by atoms with van der Waals surface area (Å²) in [5.41, 5.74) is 1.96. The van der Waals surface area contributed by atoms with Crippen molar-refractivity contribution in [1.29, 1.82) is 0 Å². The van der Waals surface area contributed by atoms with Gasteiger partial charge in [0.15, 0.2) is 0 Å². The predicted molar refractivity (Wildman–Crippen MR) is 74.6 cm³/mol. The lowest BCUT2D eigenvalue weighted by Crippen LogP contribution is -2.21. The molecule has 0 saturated carbocycles. The average Bonchev–Trinajstić information content (AvgIpc) is 2.88. The molecule has 1 aromatic heterocycles. The molecule has 18 heavy (non-hydrogen) atoms. The SMILES string of the molecule is CCC(O)c1ccc(N2CCC(C(C)C)C2)cn1. The maximum atomic E-state index is 9.72. The van der Waals surface area contributed by atoms with Gasteiger partial charge in [-0.25, -0.2) is 0 Å². The van der Waals surface area contributed by atoms with Crippen molar-refractivity contribution in [2.24, 2.45) is 11.8 Å². The van der Waals surface area contributed by atoms with E-state index in [1.165, 1.54) is 12.1 Å². The van der Waals surface area contributed by atoms with Gasteiger partial charge >= 0.3 is 0 Å². The number of anilines is 1. The van der Waals surface area contributed by atoms with Crippen LogP contribution in [0.2, 0.25) is 0 Å². The second-order valence-electron chi connectivity index (χ2n) is 5.60. The summed E-state index contributed by atoms with van der Waals surface area (Å²) < 4.78 is 0. The van der Waals surface area contributed by atoms with Crippen molar-refractivity contribution in [2.45, 2.75) is 39.7 Å². The largest absolute Gasteiger partial charge is 0.387 e. The third kappa shape index (κ3) is 2.83. The lowest BCUT2D eigenvalue weighted by atomic mass is 9.95. The van der Waals surface area contributed by atoms with E-state index in [-0.39, 0.29) is 0 Å². The molecule has 2 heterocycles. The summed E-state index contributed by atoms with van der Waals surface area (Å²) >= 11 is 0. The molecular weight excluding hydrogens is 224 g/mol. The molecule has 2 rings (SSSR count). The highest BCUT2D eigenvalue weighted by molar-refractivity contribution is 5.45. The third-order valence-electron chi connectivity index (χ3n) is 4.03. The molecule has 0 radical (unpaired) electrons. The number of hydrogen-bond donors (Lipinski definition) is 1. The molecule has 0 aliphatic carbocycles. The van der Waals surface area contributed by atoms with Gasteiger partial charge in [-0.2, -0.15) is 0 Å². The quantitative estimate of drug-likeness (QED) is 0.890. The monoisotopic (exact) mass is 248 g/mol. The third-order valence-corrected chi connectivity index (χ3v) is 4.03. The van der Waals surface area contributed by atoms with Gasteiger partial charge in [-0.05, 0) is 36.8 Å². The molecule has 2 unspecified atom stereocenters. The van der Waals surface area contributed by atoms with Crippen LogP contribution in [0.4, 0.5) is 5.69 Å². The van der Waals surface area contributed by atoms with Crippen molar-refractivity contribution in [3.63, 3.8) is 0 Å². The van der Waals surface area contributed by atoms with Crippen molar-refractivity contribution >= 4 is 5.69 Å². The number of pyridine rings is 1. The van der Waals surface area contributed by atoms with E-state index in [1.54, 1.807) is 0 Å². The van der Waals surface area contributed by atoms with Crippen LogP contribution < -0.4 is 4.90 Å². The predicted octanol–water partition coefficient (Wildman–Crippen LogP) is 3.01. The molecule has 2 atom stereocenters. The molecular formula is C15H24N2O. The van der Waals surface area contributed by atoms with Crippen LogP contribution in [-0.4, -0.2) is 23.2 Å². The summed E-state index contributed by atoms with van der Waals surface area (Å²) in [6, 6.07) is 4.04. The van der Waals surface area contributed by atoms with E-state index >= 15 is 0 Å². The summed E-state index contributed by atoms with van der Waals surface area (Å²) in [5.74, 6) is 1.55. The minimum absolute atomic E-state index is 0.430. The van der Waals surface area contributed by atoms with Gasteiger partial charge in [-0.15, -0.1) is 0 Å². The van der Waals surface area contributed by atoms with Gasteiger partial charge in [0, 0.05) is 13.1 Å². The van der Waals surface area contributed by atoms with E-state index < -0.39 is 6.10 Å². The topological polar surface area (TPSA) is 36.4 Å². The van der Waals surface area contributed by atoms with Gasteiger partial charge in [-0.3, -0.25) is 4.98 Å². The van der Waals surface area contributed by atoms with E-state index in [4.69, 9.17) is 0 Å². The van der Waals surface area contributed by atoms with Crippen LogP contribution in [0.25, 0.3) is 0 Å². The molecule has 0 amide bonds. The van der Waals surface area contributed by atoms with Gasteiger partial charge < -0.3 is 10.0 Å². The number of nitrogens with zero attached hydrogens (tertiary/aromatic N) is 2. The minimum Gasteiger partial charge on any atom is -0.387 e. The van der Waals surface area contributed by atoms with Crippen LogP contribution >= 0.6 is 0 Å². The summed E-state index contributed by atoms with van der Waals surface area (Å²) in [7, 11) is 0. The molecule has 100 valence electrons.